The van der Waals surface area contributed by atoms with Crippen molar-refractivity contribution in [1.82, 2.24) is 5.32 Å². The van der Waals surface area contributed by atoms with Gasteiger partial charge in [-0.25, -0.2) is 0 Å². The molecule has 1 aromatic rings. The van der Waals surface area contributed by atoms with Crippen molar-refractivity contribution in [2.45, 2.75) is 52.6 Å². The van der Waals surface area contributed by atoms with Gasteiger partial charge in [-0.1, -0.05) is 32.4 Å². The van der Waals surface area contributed by atoms with Crippen molar-refractivity contribution in [3.63, 3.8) is 0 Å². The lowest BCUT2D eigenvalue weighted by molar-refractivity contribution is 0.385. The first-order valence-electron chi connectivity index (χ1n) is 6.54. The van der Waals surface area contributed by atoms with E-state index in [0.717, 1.165) is 5.92 Å². The maximum Gasteiger partial charge on any atom is 0.0294 e. The standard InChI is InChI=1S/C15H24IN/c1-5-11(2)10-12(3)17-13(4)14-6-8-15(16)9-7-14/h6-9,11-13,17H,5,10H2,1-4H3. The highest BCUT2D eigenvalue weighted by molar-refractivity contribution is 14.1. The van der Waals surface area contributed by atoms with Crippen LogP contribution in [-0.2, 0) is 0 Å². The summed E-state index contributed by atoms with van der Waals surface area (Å²) in [4.78, 5) is 0. The van der Waals surface area contributed by atoms with Crippen molar-refractivity contribution in [3.8, 4) is 0 Å². The van der Waals surface area contributed by atoms with Crippen LogP contribution >= 0.6 is 22.6 Å². The van der Waals surface area contributed by atoms with Gasteiger partial charge >= 0.3 is 0 Å². The minimum atomic E-state index is 0.436. The lowest BCUT2D eigenvalue weighted by Gasteiger charge is -2.22. The number of rotatable bonds is 6. The van der Waals surface area contributed by atoms with Gasteiger partial charge in [-0.05, 0) is 66.5 Å². The van der Waals surface area contributed by atoms with E-state index in [1.54, 1.807) is 0 Å². The zero-order valence-electron chi connectivity index (χ0n) is 11.3. The third-order valence-electron chi connectivity index (χ3n) is 3.36. The highest BCUT2D eigenvalue weighted by atomic mass is 127. The second-order valence-electron chi connectivity index (χ2n) is 5.09. The summed E-state index contributed by atoms with van der Waals surface area (Å²) in [5.41, 5.74) is 1.38. The van der Waals surface area contributed by atoms with Crippen LogP contribution in [0.25, 0.3) is 0 Å². The first-order chi connectivity index (χ1) is 8.02. The molecule has 0 spiro atoms. The quantitative estimate of drug-likeness (QED) is 0.733. The summed E-state index contributed by atoms with van der Waals surface area (Å²) in [6.45, 7) is 9.12. The SMILES string of the molecule is CCC(C)CC(C)NC(C)c1ccc(I)cc1. The van der Waals surface area contributed by atoms with Crippen LogP contribution in [0.4, 0.5) is 0 Å². The molecular formula is C15H24IN. The Labute approximate surface area is 120 Å². The molecule has 0 fully saturated rings. The average Bonchev–Trinajstić information content (AvgIpc) is 2.29. The molecule has 1 nitrogen and oxygen atoms in total. The molecule has 0 amide bonds. The zero-order valence-corrected chi connectivity index (χ0v) is 13.5. The maximum atomic E-state index is 3.68. The highest BCUT2D eigenvalue weighted by Gasteiger charge is 2.11. The number of hydrogen-bond acceptors (Lipinski definition) is 1. The van der Waals surface area contributed by atoms with Gasteiger partial charge in [0.1, 0.15) is 0 Å². The minimum Gasteiger partial charge on any atom is -0.308 e. The summed E-state index contributed by atoms with van der Waals surface area (Å²) in [5, 5.41) is 3.68. The van der Waals surface area contributed by atoms with Crippen molar-refractivity contribution >= 4 is 22.6 Å². The van der Waals surface area contributed by atoms with Crippen molar-refractivity contribution in [3.05, 3.63) is 33.4 Å². The fourth-order valence-electron chi connectivity index (χ4n) is 2.11. The summed E-state index contributed by atoms with van der Waals surface area (Å²) < 4.78 is 1.30. The van der Waals surface area contributed by atoms with Crippen LogP contribution in [0.2, 0.25) is 0 Å². The van der Waals surface area contributed by atoms with E-state index in [-0.39, 0.29) is 0 Å². The Hall–Kier alpha value is -0.0900. The largest absolute Gasteiger partial charge is 0.308 e. The molecule has 0 radical (unpaired) electrons. The summed E-state index contributed by atoms with van der Waals surface area (Å²) in [6, 6.07) is 9.80. The fourth-order valence-corrected chi connectivity index (χ4v) is 2.47. The van der Waals surface area contributed by atoms with Gasteiger partial charge in [-0.2, -0.15) is 0 Å². The van der Waals surface area contributed by atoms with Gasteiger partial charge in [0.2, 0.25) is 0 Å². The Kier molecular flexibility index (Phi) is 6.49. The van der Waals surface area contributed by atoms with Crippen molar-refractivity contribution in [1.29, 1.82) is 0 Å². The van der Waals surface area contributed by atoms with E-state index in [9.17, 15) is 0 Å². The molecule has 0 aliphatic heterocycles. The van der Waals surface area contributed by atoms with Gasteiger partial charge < -0.3 is 5.32 Å². The summed E-state index contributed by atoms with van der Waals surface area (Å²) in [7, 11) is 0. The van der Waals surface area contributed by atoms with E-state index < -0.39 is 0 Å². The topological polar surface area (TPSA) is 12.0 Å². The van der Waals surface area contributed by atoms with E-state index in [4.69, 9.17) is 0 Å². The van der Waals surface area contributed by atoms with Crippen molar-refractivity contribution < 1.29 is 0 Å². The molecule has 0 aromatic heterocycles. The van der Waals surface area contributed by atoms with E-state index in [1.807, 2.05) is 0 Å². The smallest absolute Gasteiger partial charge is 0.0294 e. The average molecular weight is 345 g/mol. The number of nitrogens with one attached hydrogen (secondary N) is 1. The fraction of sp³-hybridized carbons (Fsp3) is 0.600. The van der Waals surface area contributed by atoms with Gasteiger partial charge in [0.25, 0.3) is 0 Å². The second-order valence-corrected chi connectivity index (χ2v) is 6.34. The third-order valence-corrected chi connectivity index (χ3v) is 4.08. The van der Waals surface area contributed by atoms with E-state index >= 15 is 0 Å². The van der Waals surface area contributed by atoms with Crippen LogP contribution in [0.1, 0.15) is 52.1 Å². The van der Waals surface area contributed by atoms with Gasteiger partial charge in [0.05, 0.1) is 0 Å². The van der Waals surface area contributed by atoms with E-state index in [0.29, 0.717) is 12.1 Å². The normalized spacial score (nSPS) is 16.5. The first kappa shape index (κ1) is 15.0. The zero-order chi connectivity index (χ0) is 12.8. The third kappa shape index (κ3) is 5.38. The van der Waals surface area contributed by atoms with Crippen molar-refractivity contribution in [2.24, 2.45) is 5.92 Å². The lowest BCUT2D eigenvalue weighted by atomic mass is 9.99. The molecule has 0 saturated carbocycles. The van der Waals surface area contributed by atoms with Crippen LogP contribution in [0.3, 0.4) is 0 Å². The molecule has 17 heavy (non-hydrogen) atoms. The molecule has 96 valence electrons. The summed E-state index contributed by atoms with van der Waals surface area (Å²) in [5.74, 6) is 0.807. The molecule has 0 aliphatic rings. The highest BCUT2D eigenvalue weighted by Crippen LogP contribution is 2.17. The maximum absolute atomic E-state index is 3.68. The molecule has 3 unspecified atom stereocenters. The molecule has 3 atom stereocenters. The Morgan fingerprint density at radius 2 is 1.71 bits per heavy atom. The van der Waals surface area contributed by atoms with E-state index in [1.165, 1.54) is 22.0 Å². The van der Waals surface area contributed by atoms with Crippen LogP contribution < -0.4 is 5.32 Å². The van der Waals surface area contributed by atoms with Crippen LogP contribution in [0.15, 0.2) is 24.3 Å². The summed E-state index contributed by atoms with van der Waals surface area (Å²) in [6.07, 6.45) is 2.52. The Bertz CT molecular complexity index is 320. The van der Waals surface area contributed by atoms with Gasteiger partial charge in [-0.15, -0.1) is 0 Å². The Morgan fingerprint density at radius 3 is 2.24 bits per heavy atom. The Balaban J connectivity index is 2.48. The molecule has 1 N–H and O–H groups in total. The predicted molar refractivity (Wildman–Crippen MR) is 84.2 cm³/mol. The van der Waals surface area contributed by atoms with Crippen LogP contribution in [-0.4, -0.2) is 6.04 Å². The molecular weight excluding hydrogens is 321 g/mol. The van der Waals surface area contributed by atoms with Crippen LogP contribution in [0.5, 0.6) is 0 Å². The molecule has 2 heteroatoms. The monoisotopic (exact) mass is 345 g/mol. The molecule has 0 heterocycles. The molecule has 0 saturated heterocycles. The van der Waals surface area contributed by atoms with Gasteiger partial charge in [0.15, 0.2) is 0 Å². The molecule has 1 aromatic carbocycles. The summed E-state index contributed by atoms with van der Waals surface area (Å²) >= 11 is 2.35. The minimum absolute atomic E-state index is 0.436. The second kappa shape index (κ2) is 7.37. The number of benzene rings is 1. The van der Waals surface area contributed by atoms with E-state index in [2.05, 4.69) is 79.9 Å². The predicted octanol–water partition coefficient (Wildman–Crippen LogP) is 4.77. The van der Waals surface area contributed by atoms with Gasteiger partial charge in [0, 0.05) is 15.7 Å². The number of hydrogen-bond donors (Lipinski definition) is 1. The lowest BCUT2D eigenvalue weighted by Crippen LogP contribution is -2.30. The Morgan fingerprint density at radius 1 is 1.12 bits per heavy atom. The molecule has 1 rings (SSSR count). The van der Waals surface area contributed by atoms with Crippen LogP contribution in [0, 0.1) is 9.49 Å². The molecule has 0 bridgehead atoms. The van der Waals surface area contributed by atoms with Gasteiger partial charge in [-0.3, -0.25) is 0 Å². The number of halogens is 1. The molecule has 0 aliphatic carbocycles. The van der Waals surface area contributed by atoms with Crippen molar-refractivity contribution in [2.75, 3.05) is 0 Å². The first-order valence-corrected chi connectivity index (χ1v) is 7.62.